The molecule has 126 valence electrons. The molecule has 7 heteroatoms. The number of hydrogen-bond acceptors (Lipinski definition) is 5. The minimum atomic E-state index is -3.50. The van der Waals surface area contributed by atoms with Gasteiger partial charge in [0.2, 0.25) is 11.8 Å². The lowest BCUT2D eigenvalue weighted by Gasteiger charge is -2.19. The molecule has 0 unspecified atom stereocenters. The van der Waals surface area contributed by atoms with Crippen molar-refractivity contribution < 1.29 is 23.1 Å². The van der Waals surface area contributed by atoms with Gasteiger partial charge in [0, 0.05) is 0 Å². The predicted molar refractivity (Wildman–Crippen MR) is 86.0 cm³/mol. The summed E-state index contributed by atoms with van der Waals surface area (Å²) < 4.78 is 24.1. The fourth-order valence-corrected chi connectivity index (χ4v) is 5.08. The van der Waals surface area contributed by atoms with Crippen LogP contribution in [0.4, 0.5) is 5.69 Å². The number of allylic oxidation sites excluding steroid dienone is 2. The van der Waals surface area contributed by atoms with E-state index in [1.54, 1.807) is 0 Å². The molecule has 1 aliphatic heterocycles. The highest BCUT2D eigenvalue weighted by molar-refractivity contribution is 7.91. The third-order valence-electron chi connectivity index (χ3n) is 5.40. The number of anilines is 1. The molecule has 6 nitrogen and oxygen atoms in total. The van der Waals surface area contributed by atoms with Crippen LogP contribution in [0.3, 0.4) is 0 Å². The van der Waals surface area contributed by atoms with Gasteiger partial charge in [0.25, 0.3) is 0 Å². The highest BCUT2D eigenvalue weighted by atomic mass is 32.2. The van der Waals surface area contributed by atoms with Gasteiger partial charge in [0.15, 0.2) is 9.84 Å². The van der Waals surface area contributed by atoms with Gasteiger partial charge < -0.3 is 5.11 Å². The number of phenolic OH excluding ortho intramolecular Hbond substituents is 1. The van der Waals surface area contributed by atoms with Crippen LogP contribution in [0.5, 0.6) is 5.75 Å². The van der Waals surface area contributed by atoms with Gasteiger partial charge in [-0.15, -0.1) is 0 Å². The third-order valence-corrected chi connectivity index (χ3v) is 7.13. The van der Waals surface area contributed by atoms with Gasteiger partial charge in [-0.3, -0.25) is 9.59 Å². The Morgan fingerprint density at radius 3 is 2.25 bits per heavy atom. The SMILES string of the molecule is CCS(=O)(=O)c1ccc(O)c(N2C(=O)[C@@H]3[C@H](C2=O)[C@@H]2C=C[C@H]3C2)c1. The van der Waals surface area contributed by atoms with Crippen LogP contribution in [0.2, 0.25) is 0 Å². The Labute approximate surface area is 139 Å². The van der Waals surface area contributed by atoms with Crippen LogP contribution in [0.15, 0.2) is 35.2 Å². The van der Waals surface area contributed by atoms with E-state index in [0.717, 1.165) is 11.3 Å². The first-order chi connectivity index (χ1) is 11.3. The van der Waals surface area contributed by atoms with Crippen molar-refractivity contribution in [2.45, 2.75) is 18.2 Å². The van der Waals surface area contributed by atoms with E-state index in [2.05, 4.69) is 0 Å². The van der Waals surface area contributed by atoms with Crippen LogP contribution in [0, 0.1) is 23.7 Å². The quantitative estimate of drug-likeness (QED) is 0.661. The summed E-state index contributed by atoms with van der Waals surface area (Å²) in [6, 6.07) is 3.73. The average Bonchev–Trinajstić information content (AvgIpc) is 3.22. The monoisotopic (exact) mass is 347 g/mol. The number of fused-ring (bicyclic) bond motifs is 5. The van der Waals surface area contributed by atoms with Crippen molar-refractivity contribution in [2.75, 3.05) is 10.7 Å². The van der Waals surface area contributed by atoms with Gasteiger partial charge in [0.05, 0.1) is 28.2 Å². The van der Waals surface area contributed by atoms with Crippen LogP contribution in [-0.4, -0.2) is 31.1 Å². The predicted octanol–water partition coefficient (Wildman–Crippen LogP) is 1.50. The lowest BCUT2D eigenvalue weighted by molar-refractivity contribution is -0.123. The fourth-order valence-electron chi connectivity index (χ4n) is 4.18. The molecule has 2 fully saturated rings. The molecule has 2 amide bonds. The topological polar surface area (TPSA) is 91.8 Å². The fraction of sp³-hybridized carbons (Fsp3) is 0.412. The summed E-state index contributed by atoms with van der Waals surface area (Å²) in [4.78, 5) is 26.5. The molecular weight excluding hydrogens is 330 g/mol. The second-order valence-corrected chi connectivity index (χ2v) is 8.84. The van der Waals surface area contributed by atoms with E-state index in [4.69, 9.17) is 0 Å². The summed E-state index contributed by atoms with van der Waals surface area (Å²) >= 11 is 0. The molecule has 2 bridgehead atoms. The number of benzene rings is 1. The third kappa shape index (κ3) is 1.90. The molecule has 1 aromatic carbocycles. The van der Waals surface area contributed by atoms with Crippen molar-refractivity contribution in [3.63, 3.8) is 0 Å². The Kier molecular flexibility index (Phi) is 3.16. The molecule has 2 aliphatic carbocycles. The van der Waals surface area contributed by atoms with Crippen molar-refractivity contribution in [3.05, 3.63) is 30.4 Å². The van der Waals surface area contributed by atoms with Gasteiger partial charge in [-0.1, -0.05) is 19.1 Å². The zero-order valence-electron chi connectivity index (χ0n) is 13.0. The first kappa shape index (κ1) is 15.4. The Morgan fingerprint density at radius 2 is 1.71 bits per heavy atom. The van der Waals surface area contributed by atoms with E-state index in [1.807, 2.05) is 12.2 Å². The van der Waals surface area contributed by atoms with E-state index in [0.29, 0.717) is 0 Å². The standard InChI is InChI=1S/C17H17NO5S/c1-2-24(22,23)11-5-6-13(19)12(8-11)18-16(20)14-9-3-4-10(7-9)15(14)17(18)21/h3-6,8-10,14-15,19H,2,7H2,1H3/t9-,10+,14-,15+. The van der Waals surface area contributed by atoms with E-state index in [9.17, 15) is 23.1 Å². The first-order valence-corrected chi connectivity index (χ1v) is 9.62. The lowest BCUT2D eigenvalue weighted by Crippen LogP contribution is -2.33. The molecule has 0 spiro atoms. The molecule has 3 aliphatic rings. The van der Waals surface area contributed by atoms with E-state index < -0.39 is 21.7 Å². The number of nitrogens with zero attached hydrogens (tertiary/aromatic N) is 1. The molecule has 24 heavy (non-hydrogen) atoms. The van der Waals surface area contributed by atoms with Crippen molar-refractivity contribution >= 4 is 27.3 Å². The maximum Gasteiger partial charge on any atom is 0.238 e. The summed E-state index contributed by atoms with van der Waals surface area (Å²) in [6.45, 7) is 1.52. The Morgan fingerprint density at radius 1 is 1.12 bits per heavy atom. The van der Waals surface area contributed by atoms with Gasteiger partial charge in [0.1, 0.15) is 5.75 Å². The minimum absolute atomic E-state index is 0.00319. The number of carbonyl (C=O) groups is 2. The molecule has 0 aromatic heterocycles. The normalized spacial score (nSPS) is 31.1. The zero-order valence-corrected chi connectivity index (χ0v) is 13.9. The number of hydrogen-bond donors (Lipinski definition) is 1. The summed E-state index contributed by atoms with van der Waals surface area (Å²) in [6.07, 6.45) is 4.79. The lowest BCUT2D eigenvalue weighted by atomic mass is 9.85. The first-order valence-electron chi connectivity index (χ1n) is 7.97. The van der Waals surface area contributed by atoms with Crippen LogP contribution in [0.1, 0.15) is 13.3 Å². The number of aromatic hydroxyl groups is 1. The van der Waals surface area contributed by atoms with E-state index in [-0.39, 0.29) is 45.7 Å². The molecule has 4 atom stereocenters. The van der Waals surface area contributed by atoms with Crippen LogP contribution >= 0.6 is 0 Å². The zero-order chi connectivity index (χ0) is 17.2. The van der Waals surface area contributed by atoms with Crippen molar-refractivity contribution in [2.24, 2.45) is 23.7 Å². The highest BCUT2D eigenvalue weighted by Crippen LogP contribution is 2.53. The van der Waals surface area contributed by atoms with Crippen LogP contribution in [0.25, 0.3) is 0 Å². The van der Waals surface area contributed by atoms with Crippen molar-refractivity contribution in [1.29, 1.82) is 0 Å². The maximum atomic E-state index is 12.8. The second kappa shape index (κ2) is 4.92. The van der Waals surface area contributed by atoms with Crippen molar-refractivity contribution in [3.8, 4) is 5.75 Å². The number of phenols is 1. The summed E-state index contributed by atoms with van der Waals surface area (Å²) in [5.74, 6) is -1.72. The molecule has 1 heterocycles. The summed E-state index contributed by atoms with van der Waals surface area (Å²) in [5.41, 5.74) is -0.0340. The Bertz CT molecular complexity index is 858. The summed E-state index contributed by atoms with van der Waals surface area (Å²) in [5, 5.41) is 10.1. The molecule has 0 radical (unpaired) electrons. The van der Waals surface area contributed by atoms with Gasteiger partial charge in [-0.25, -0.2) is 13.3 Å². The van der Waals surface area contributed by atoms with Gasteiger partial charge in [-0.05, 0) is 36.5 Å². The number of imide groups is 1. The van der Waals surface area contributed by atoms with Gasteiger partial charge in [-0.2, -0.15) is 0 Å². The second-order valence-electron chi connectivity index (χ2n) is 6.57. The van der Waals surface area contributed by atoms with Crippen LogP contribution in [-0.2, 0) is 19.4 Å². The average molecular weight is 347 g/mol. The molecule has 1 saturated carbocycles. The van der Waals surface area contributed by atoms with E-state index in [1.165, 1.54) is 25.1 Å². The number of amides is 2. The molecule has 4 rings (SSSR count). The number of carbonyl (C=O) groups excluding carboxylic acids is 2. The van der Waals surface area contributed by atoms with Crippen LogP contribution < -0.4 is 4.90 Å². The Hall–Kier alpha value is -2.15. The minimum Gasteiger partial charge on any atom is -0.506 e. The van der Waals surface area contributed by atoms with Crippen molar-refractivity contribution in [1.82, 2.24) is 0 Å². The Balaban J connectivity index is 1.79. The largest absolute Gasteiger partial charge is 0.506 e. The molecular formula is C17H17NO5S. The smallest absolute Gasteiger partial charge is 0.238 e. The summed E-state index contributed by atoms with van der Waals surface area (Å²) in [7, 11) is -3.50. The molecule has 1 N–H and O–H groups in total. The van der Waals surface area contributed by atoms with Gasteiger partial charge >= 0.3 is 0 Å². The van der Waals surface area contributed by atoms with E-state index >= 15 is 0 Å². The number of sulfone groups is 1. The maximum absolute atomic E-state index is 12.8. The number of rotatable bonds is 3. The molecule has 1 aromatic rings. The highest BCUT2D eigenvalue weighted by Gasteiger charge is 2.59. The molecule has 1 saturated heterocycles.